The zero-order valence-electron chi connectivity index (χ0n) is 12.9. The molecular formula is C18H18N4O. The third kappa shape index (κ3) is 1.71. The summed E-state index contributed by atoms with van der Waals surface area (Å²) in [5.41, 5.74) is 5.68. The van der Waals surface area contributed by atoms with Gasteiger partial charge in [0.15, 0.2) is 0 Å². The molecule has 3 aromatic rings. The fraction of sp³-hybridized carbons (Fsp3) is 0.333. The van der Waals surface area contributed by atoms with E-state index in [2.05, 4.69) is 38.9 Å². The number of hydrogen-bond acceptors (Lipinski definition) is 3. The Bertz CT molecular complexity index is 894. The number of aliphatic hydroxyl groups excluding tert-OH is 1. The molecule has 0 saturated carbocycles. The van der Waals surface area contributed by atoms with Crippen molar-refractivity contribution >= 4 is 0 Å². The molecule has 0 fully saturated rings. The van der Waals surface area contributed by atoms with E-state index in [1.165, 1.54) is 16.7 Å². The van der Waals surface area contributed by atoms with Crippen molar-refractivity contribution in [2.75, 3.05) is 0 Å². The van der Waals surface area contributed by atoms with Gasteiger partial charge in [-0.3, -0.25) is 4.68 Å². The molecule has 23 heavy (non-hydrogen) atoms. The lowest BCUT2D eigenvalue weighted by Gasteiger charge is -2.33. The lowest BCUT2D eigenvalue weighted by Crippen LogP contribution is -2.28. The van der Waals surface area contributed by atoms with E-state index in [0.29, 0.717) is 0 Å². The van der Waals surface area contributed by atoms with E-state index in [-0.39, 0.29) is 12.0 Å². The molecule has 0 radical (unpaired) electrons. The fourth-order valence-corrected chi connectivity index (χ4v) is 4.32. The van der Waals surface area contributed by atoms with Gasteiger partial charge in [-0.05, 0) is 24.0 Å². The number of rotatable bonds is 1. The van der Waals surface area contributed by atoms with Crippen molar-refractivity contribution < 1.29 is 5.11 Å². The Morgan fingerprint density at radius 1 is 1.26 bits per heavy atom. The quantitative estimate of drug-likeness (QED) is 0.751. The fourth-order valence-electron chi connectivity index (χ4n) is 4.32. The Labute approximate surface area is 134 Å². The zero-order valence-corrected chi connectivity index (χ0v) is 12.9. The molecule has 1 aromatic carbocycles. The van der Waals surface area contributed by atoms with Crippen LogP contribution >= 0.6 is 0 Å². The van der Waals surface area contributed by atoms with Crippen LogP contribution in [0.1, 0.15) is 35.4 Å². The second-order valence-electron chi connectivity index (χ2n) is 6.58. The van der Waals surface area contributed by atoms with Gasteiger partial charge in [0.05, 0.1) is 30.0 Å². The van der Waals surface area contributed by atoms with Gasteiger partial charge in [0.2, 0.25) is 0 Å². The van der Waals surface area contributed by atoms with E-state index in [0.717, 1.165) is 24.2 Å². The van der Waals surface area contributed by atoms with E-state index < -0.39 is 6.10 Å². The van der Waals surface area contributed by atoms with E-state index >= 15 is 0 Å². The summed E-state index contributed by atoms with van der Waals surface area (Å²) in [7, 11) is 1.92. The van der Waals surface area contributed by atoms with Gasteiger partial charge < -0.3 is 9.67 Å². The van der Waals surface area contributed by atoms with Gasteiger partial charge in [-0.2, -0.15) is 5.10 Å². The van der Waals surface area contributed by atoms with Crippen molar-refractivity contribution in [2.45, 2.75) is 25.0 Å². The molecule has 0 saturated heterocycles. The highest BCUT2D eigenvalue weighted by molar-refractivity contribution is 5.69. The van der Waals surface area contributed by atoms with E-state index in [1.54, 1.807) is 0 Å². The molecule has 0 spiro atoms. The van der Waals surface area contributed by atoms with Crippen LogP contribution in [0.3, 0.4) is 0 Å². The van der Waals surface area contributed by atoms with Crippen molar-refractivity contribution in [2.24, 2.45) is 13.0 Å². The van der Waals surface area contributed by atoms with Gasteiger partial charge in [-0.1, -0.05) is 24.3 Å². The summed E-state index contributed by atoms with van der Waals surface area (Å²) in [6, 6.07) is 8.59. The molecule has 3 heterocycles. The SMILES string of the molecule is Cn1cc2c(n1)C(O)C([C@H]1c3ccccc3-c3cncn31)CC2. The first-order valence-corrected chi connectivity index (χ1v) is 8.05. The molecule has 5 heteroatoms. The molecule has 2 aromatic heterocycles. The van der Waals surface area contributed by atoms with Crippen LogP contribution in [-0.4, -0.2) is 24.4 Å². The normalized spacial score (nSPS) is 25.0. The van der Waals surface area contributed by atoms with Crippen LogP contribution < -0.4 is 0 Å². The third-order valence-corrected chi connectivity index (χ3v) is 5.30. The van der Waals surface area contributed by atoms with Gasteiger partial charge in [0.1, 0.15) is 6.10 Å². The lowest BCUT2D eigenvalue weighted by molar-refractivity contribution is 0.0681. The number of imidazole rings is 1. The Balaban J connectivity index is 1.63. The Morgan fingerprint density at radius 2 is 2.13 bits per heavy atom. The number of nitrogens with zero attached hydrogens (tertiary/aromatic N) is 4. The van der Waals surface area contributed by atoms with Gasteiger partial charge in [0, 0.05) is 24.7 Å². The molecule has 1 N–H and O–H groups in total. The van der Waals surface area contributed by atoms with E-state index in [1.807, 2.05) is 30.5 Å². The van der Waals surface area contributed by atoms with Crippen LogP contribution in [0.4, 0.5) is 0 Å². The average molecular weight is 306 g/mol. The summed E-state index contributed by atoms with van der Waals surface area (Å²) >= 11 is 0. The first kappa shape index (κ1) is 13.1. The molecule has 0 amide bonds. The van der Waals surface area contributed by atoms with Gasteiger partial charge in [-0.25, -0.2) is 4.98 Å². The van der Waals surface area contributed by atoms with E-state index in [4.69, 9.17) is 0 Å². The van der Waals surface area contributed by atoms with Crippen LogP contribution in [0.25, 0.3) is 11.3 Å². The summed E-state index contributed by atoms with van der Waals surface area (Å²) in [6.45, 7) is 0. The van der Waals surface area contributed by atoms with Gasteiger partial charge in [0.25, 0.3) is 0 Å². The molecule has 2 aliphatic rings. The lowest BCUT2D eigenvalue weighted by atomic mass is 9.78. The van der Waals surface area contributed by atoms with Gasteiger partial charge in [-0.15, -0.1) is 0 Å². The predicted octanol–water partition coefficient (Wildman–Crippen LogP) is 2.48. The first-order chi connectivity index (χ1) is 11.2. The molecule has 1 aliphatic heterocycles. The van der Waals surface area contributed by atoms with Crippen LogP contribution in [0.15, 0.2) is 43.0 Å². The van der Waals surface area contributed by atoms with Crippen LogP contribution in [0.2, 0.25) is 0 Å². The second kappa shape index (κ2) is 4.55. The maximum Gasteiger partial charge on any atom is 0.103 e. The number of benzene rings is 1. The zero-order chi connectivity index (χ0) is 15.6. The summed E-state index contributed by atoms with van der Waals surface area (Å²) < 4.78 is 4.02. The second-order valence-corrected chi connectivity index (χ2v) is 6.58. The standard InChI is InChI=1S/C18H18N4O/c1-21-9-11-6-7-14(18(23)16(11)20-21)17-13-5-3-2-4-12(13)15-8-19-10-22(15)17/h2-5,8-10,14,17-18,23H,6-7H2,1H3/t14?,17-,18?/m1/s1. The van der Waals surface area contributed by atoms with Gasteiger partial charge >= 0.3 is 0 Å². The highest BCUT2D eigenvalue weighted by atomic mass is 16.3. The smallest absolute Gasteiger partial charge is 0.103 e. The van der Waals surface area contributed by atoms with E-state index in [9.17, 15) is 5.11 Å². The average Bonchev–Trinajstić information content (AvgIpc) is 3.22. The first-order valence-electron chi connectivity index (χ1n) is 8.05. The number of aromatic nitrogens is 4. The van der Waals surface area contributed by atoms with Crippen molar-refractivity contribution in [3.63, 3.8) is 0 Å². The Hall–Kier alpha value is -2.40. The minimum Gasteiger partial charge on any atom is -0.386 e. The van der Waals surface area contributed by atoms with Crippen LogP contribution in [-0.2, 0) is 13.5 Å². The summed E-state index contributed by atoms with van der Waals surface area (Å²) in [4.78, 5) is 4.32. The monoisotopic (exact) mass is 306 g/mol. The van der Waals surface area contributed by atoms with Crippen LogP contribution in [0.5, 0.6) is 0 Å². The predicted molar refractivity (Wildman–Crippen MR) is 85.8 cm³/mol. The summed E-state index contributed by atoms with van der Waals surface area (Å²) in [5.74, 6) is 0.119. The highest BCUT2D eigenvalue weighted by Crippen LogP contribution is 2.49. The molecule has 2 unspecified atom stereocenters. The molecular weight excluding hydrogens is 288 g/mol. The number of fused-ring (bicyclic) bond motifs is 4. The Morgan fingerprint density at radius 3 is 3.04 bits per heavy atom. The topological polar surface area (TPSA) is 55.9 Å². The maximum atomic E-state index is 11.0. The molecule has 3 atom stereocenters. The number of aryl methyl sites for hydroxylation is 2. The number of hydrogen-bond donors (Lipinski definition) is 1. The van der Waals surface area contributed by atoms with Crippen molar-refractivity contribution in [3.8, 4) is 11.3 Å². The summed E-state index contributed by atoms with van der Waals surface area (Å²) in [6.07, 6.45) is 7.22. The molecule has 1 aliphatic carbocycles. The third-order valence-electron chi connectivity index (χ3n) is 5.30. The maximum absolute atomic E-state index is 11.0. The molecule has 5 nitrogen and oxygen atoms in total. The Kier molecular flexibility index (Phi) is 2.59. The van der Waals surface area contributed by atoms with Crippen molar-refractivity contribution in [1.29, 1.82) is 0 Å². The highest BCUT2D eigenvalue weighted by Gasteiger charge is 2.41. The molecule has 0 bridgehead atoms. The molecule has 116 valence electrons. The van der Waals surface area contributed by atoms with Crippen molar-refractivity contribution in [3.05, 3.63) is 59.8 Å². The number of aliphatic hydroxyl groups is 1. The van der Waals surface area contributed by atoms with Crippen LogP contribution in [0, 0.1) is 5.92 Å². The largest absolute Gasteiger partial charge is 0.386 e. The van der Waals surface area contributed by atoms with Crippen molar-refractivity contribution in [1.82, 2.24) is 19.3 Å². The minimum absolute atomic E-state index is 0.119. The minimum atomic E-state index is -0.536. The summed E-state index contributed by atoms with van der Waals surface area (Å²) in [5, 5.41) is 15.5. The molecule has 5 rings (SSSR count).